The minimum atomic E-state index is -4.88. The molecule has 0 atom stereocenters. The summed E-state index contributed by atoms with van der Waals surface area (Å²) in [7, 11) is -4.88. The Hall–Kier alpha value is -0.940. The zero-order valence-electron chi connectivity index (χ0n) is 7.83. The summed E-state index contributed by atoms with van der Waals surface area (Å²) in [6.45, 7) is 1.63. The smallest absolute Gasteiger partial charge is 0.294 e. The molecule has 0 saturated heterocycles. The molecule has 1 aromatic carbocycles. The highest BCUT2D eigenvalue weighted by Crippen LogP contribution is 2.24. The molecule has 0 unspecified atom stereocenters. The van der Waals surface area contributed by atoms with Gasteiger partial charge in [0.1, 0.15) is 4.90 Å². The molecule has 0 aromatic heterocycles. The standard InChI is InChI=1S/C9H8ClFO3S/c1-2-8(12)6-3-4-7(10)9(5-6)15(11,13)14/h3-5H,2H2,1H3. The van der Waals surface area contributed by atoms with E-state index in [2.05, 4.69) is 0 Å². The number of Topliss-reactive ketones (excluding diaryl/α,β-unsaturated/α-hetero) is 1. The molecule has 0 N–H and O–H groups in total. The Kier molecular flexibility index (Phi) is 3.46. The van der Waals surface area contributed by atoms with Crippen molar-refractivity contribution >= 4 is 27.6 Å². The van der Waals surface area contributed by atoms with Crippen molar-refractivity contribution in [2.45, 2.75) is 18.2 Å². The molecule has 0 aliphatic heterocycles. The number of rotatable bonds is 3. The van der Waals surface area contributed by atoms with Gasteiger partial charge in [-0.15, -0.1) is 3.89 Å². The van der Waals surface area contributed by atoms with Gasteiger partial charge >= 0.3 is 10.2 Å². The van der Waals surface area contributed by atoms with Crippen LogP contribution in [0.15, 0.2) is 23.1 Å². The van der Waals surface area contributed by atoms with Crippen molar-refractivity contribution in [2.24, 2.45) is 0 Å². The quantitative estimate of drug-likeness (QED) is 0.612. The topological polar surface area (TPSA) is 51.2 Å². The van der Waals surface area contributed by atoms with E-state index in [0.29, 0.717) is 0 Å². The molecule has 0 spiro atoms. The minimum absolute atomic E-state index is 0.137. The van der Waals surface area contributed by atoms with Gasteiger partial charge in [0.15, 0.2) is 5.78 Å². The number of benzene rings is 1. The Labute approximate surface area is 92.1 Å². The monoisotopic (exact) mass is 250 g/mol. The van der Waals surface area contributed by atoms with E-state index in [1.165, 1.54) is 12.1 Å². The average Bonchev–Trinajstić information content (AvgIpc) is 2.15. The molecular formula is C9H8ClFO3S. The SMILES string of the molecule is CCC(=O)c1ccc(Cl)c(S(=O)(=O)F)c1. The van der Waals surface area contributed by atoms with Crippen LogP contribution < -0.4 is 0 Å². The first-order valence-corrected chi connectivity index (χ1v) is 5.90. The van der Waals surface area contributed by atoms with Crippen LogP contribution in [0.1, 0.15) is 23.7 Å². The number of carbonyl (C=O) groups is 1. The Balaban J connectivity index is 3.36. The minimum Gasteiger partial charge on any atom is -0.294 e. The van der Waals surface area contributed by atoms with Crippen molar-refractivity contribution in [1.82, 2.24) is 0 Å². The van der Waals surface area contributed by atoms with E-state index < -0.39 is 15.1 Å². The second-order valence-corrected chi connectivity index (χ2v) is 4.58. The first-order valence-electron chi connectivity index (χ1n) is 4.13. The van der Waals surface area contributed by atoms with Gasteiger partial charge in [0.25, 0.3) is 0 Å². The maximum atomic E-state index is 12.7. The number of hydrogen-bond donors (Lipinski definition) is 0. The van der Waals surface area contributed by atoms with E-state index in [1.54, 1.807) is 6.92 Å². The second kappa shape index (κ2) is 4.28. The third-order valence-corrected chi connectivity index (χ3v) is 3.14. The summed E-state index contributed by atoms with van der Waals surface area (Å²) in [6.07, 6.45) is 0.216. The Morgan fingerprint density at radius 2 is 2.07 bits per heavy atom. The predicted molar refractivity (Wildman–Crippen MR) is 54.4 cm³/mol. The van der Waals surface area contributed by atoms with E-state index in [4.69, 9.17) is 11.6 Å². The van der Waals surface area contributed by atoms with Gasteiger partial charge < -0.3 is 0 Å². The fraction of sp³-hybridized carbons (Fsp3) is 0.222. The highest BCUT2D eigenvalue weighted by Gasteiger charge is 2.18. The van der Waals surface area contributed by atoms with Crippen LogP contribution >= 0.6 is 11.6 Å². The van der Waals surface area contributed by atoms with Crippen LogP contribution in [-0.2, 0) is 10.2 Å². The van der Waals surface area contributed by atoms with Crippen LogP contribution in [0.3, 0.4) is 0 Å². The molecule has 3 nitrogen and oxygen atoms in total. The predicted octanol–water partition coefficient (Wildman–Crippen LogP) is 2.59. The van der Waals surface area contributed by atoms with Crippen molar-refractivity contribution in [3.8, 4) is 0 Å². The fourth-order valence-electron chi connectivity index (χ4n) is 1.07. The van der Waals surface area contributed by atoms with Gasteiger partial charge in [-0.2, -0.15) is 8.42 Å². The van der Waals surface area contributed by atoms with Gasteiger partial charge in [-0.25, -0.2) is 0 Å². The van der Waals surface area contributed by atoms with Gasteiger partial charge in [-0.3, -0.25) is 4.79 Å². The van der Waals surface area contributed by atoms with Crippen molar-refractivity contribution < 1.29 is 17.1 Å². The molecule has 0 heterocycles. The molecule has 1 aromatic rings. The molecule has 0 amide bonds. The van der Waals surface area contributed by atoms with Crippen molar-refractivity contribution in [3.63, 3.8) is 0 Å². The fourth-order valence-corrected chi connectivity index (χ4v) is 2.03. The zero-order valence-corrected chi connectivity index (χ0v) is 9.40. The summed E-state index contributed by atoms with van der Waals surface area (Å²) in [6, 6.07) is 3.50. The molecule has 1 rings (SSSR count). The largest absolute Gasteiger partial charge is 0.333 e. The van der Waals surface area contributed by atoms with Gasteiger partial charge in [0.05, 0.1) is 5.02 Å². The van der Waals surface area contributed by atoms with Crippen molar-refractivity contribution in [1.29, 1.82) is 0 Å². The first-order chi connectivity index (χ1) is 6.86. The molecular weight excluding hydrogens is 243 g/mol. The average molecular weight is 251 g/mol. The normalized spacial score (nSPS) is 11.4. The zero-order chi connectivity index (χ0) is 11.6. The van der Waals surface area contributed by atoms with Crippen molar-refractivity contribution in [2.75, 3.05) is 0 Å². The van der Waals surface area contributed by atoms with E-state index >= 15 is 0 Å². The lowest BCUT2D eigenvalue weighted by molar-refractivity contribution is 0.0988. The highest BCUT2D eigenvalue weighted by atomic mass is 35.5. The Bertz CT molecular complexity index is 496. The number of hydrogen-bond acceptors (Lipinski definition) is 3. The number of ketones is 1. The summed E-state index contributed by atoms with van der Waals surface area (Å²) in [5.41, 5.74) is 0.137. The van der Waals surface area contributed by atoms with Crippen LogP contribution in [0.2, 0.25) is 5.02 Å². The summed E-state index contributed by atoms with van der Waals surface area (Å²) >= 11 is 5.50. The maximum Gasteiger partial charge on any atom is 0.333 e. The maximum absolute atomic E-state index is 12.7. The molecule has 0 radical (unpaired) electrons. The second-order valence-electron chi connectivity index (χ2n) is 2.86. The summed E-state index contributed by atoms with van der Waals surface area (Å²) in [5, 5.41) is -0.231. The van der Waals surface area contributed by atoms with Crippen LogP contribution in [0.25, 0.3) is 0 Å². The van der Waals surface area contributed by atoms with E-state index in [0.717, 1.165) is 6.07 Å². The van der Waals surface area contributed by atoms with E-state index in [9.17, 15) is 17.1 Å². The molecule has 0 saturated carbocycles. The lowest BCUT2D eigenvalue weighted by Crippen LogP contribution is -2.00. The molecule has 0 fully saturated rings. The third kappa shape index (κ3) is 2.76. The van der Waals surface area contributed by atoms with Crippen LogP contribution in [-0.4, -0.2) is 14.2 Å². The van der Waals surface area contributed by atoms with Gasteiger partial charge in [-0.05, 0) is 18.2 Å². The van der Waals surface area contributed by atoms with Crippen LogP contribution in [0.4, 0.5) is 3.89 Å². The lowest BCUT2D eigenvalue weighted by atomic mass is 10.1. The van der Waals surface area contributed by atoms with Crippen LogP contribution in [0, 0.1) is 0 Å². The summed E-state index contributed by atoms with van der Waals surface area (Å²) in [5.74, 6) is -0.267. The van der Waals surface area contributed by atoms with Crippen LogP contribution in [0.5, 0.6) is 0 Å². The summed E-state index contributed by atoms with van der Waals surface area (Å²) in [4.78, 5) is 10.6. The molecule has 82 valence electrons. The molecule has 0 aliphatic carbocycles. The number of halogens is 2. The molecule has 0 aliphatic rings. The first kappa shape index (κ1) is 12.1. The third-order valence-electron chi connectivity index (χ3n) is 1.84. The number of carbonyl (C=O) groups excluding carboxylic acids is 1. The highest BCUT2D eigenvalue weighted by molar-refractivity contribution is 7.86. The Morgan fingerprint density at radius 1 is 1.47 bits per heavy atom. The molecule has 0 bridgehead atoms. The Morgan fingerprint density at radius 3 is 2.53 bits per heavy atom. The van der Waals surface area contributed by atoms with Gasteiger partial charge in [0, 0.05) is 12.0 Å². The van der Waals surface area contributed by atoms with E-state index in [-0.39, 0.29) is 22.8 Å². The summed E-state index contributed by atoms with van der Waals surface area (Å²) < 4.78 is 34.0. The lowest BCUT2D eigenvalue weighted by Gasteiger charge is -2.02. The van der Waals surface area contributed by atoms with Crippen molar-refractivity contribution in [3.05, 3.63) is 28.8 Å². The van der Waals surface area contributed by atoms with Gasteiger partial charge in [-0.1, -0.05) is 18.5 Å². The van der Waals surface area contributed by atoms with E-state index in [1.807, 2.05) is 0 Å². The van der Waals surface area contributed by atoms with Gasteiger partial charge in [0.2, 0.25) is 0 Å². The molecule has 15 heavy (non-hydrogen) atoms. The molecule has 6 heteroatoms.